The van der Waals surface area contributed by atoms with Gasteiger partial charge in [0.2, 0.25) is 5.91 Å². The van der Waals surface area contributed by atoms with Crippen LogP contribution in [-0.2, 0) is 22.7 Å². The summed E-state index contributed by atoms with van der Waals surface area (Å²) in [5.74, 6) is -0.0815. The van der Waals surface area contributed by atoms with Gasteiger partial charge in [-0.05, 0) is 36.3 Å². The van der Waals surface area contributed by atoms with E-state index in [-0.39, 0.29) is 5.91 Å². The Kier molecular flexibility index (Phi) is 5.72. The summed E-state index contributed by atoms with van der Waals surface area (Å²) in [6, 6.07) is 12.1. The maximum atomic E-state index is 11.8. The van der Waals surface area contributed by atoms with E-state index in [1.54, 1.807) is 24.5 Å². The van der Waals surface area contributed by atoms with Crippen LogP contribution in [0.5, 0.6) is 0 Å². The summed E-state index contributed by atoms with van der Waals surface area (Å²) in [4.78, 5) is 14.1. The van der Waals surface area contributed by atoms with Gasteiger partial charge in [-0.15, -0.1) is 11.3 Å². The first kappa shape index (κ1) is 15.5. The Bertz CT molecular complexity index is 614. The Morgan fingerprint density at radius 3 is 2.52 bits per heavy atom. The molecule has 0 saturated heterocycles. The van der Waals surface area contributed by atoms with Crippen molar-refractivity contribution in [3.05, 3.63) is 63.4 Å². The molecule has 1 heterocycles. The molecule has 2 aromatic rings. The summed E-state index contributed by atoms with van der Waals surface area (Å²) < 4.78 is 5.06. The molecule has 0 aliphatic heterocycles. The van der Waals surface area contributed by atoms with E-state index in [1.807, 2.05) is 42.5 Å². The molecule has 0 unspecified atom stereocenters. The summed E-state index contributed by atoms with van der Waals surface area (Å²) in [7, 11) is 1.68. The number of hydrogen-bond acceptors (Lipinski definition) is 3. The summed E-state index contributed by atoms with van der Waals surface area (Å²) >= 11 is 1.67. The number of methoxy groups -OCH3 is 1. The van der Waals surface area contributed by atoms with Crippen molar-refractivity contribution in [1.82, 2.24) is 5.32 Å². The zero-order valence-electron chi connectivity index (χ0n) is 12.3. The minimum absolute atomic E-state index is 0.0815. The molecule has 1 N–H and O–H groups in total. The second-order valence-electron chi connectivity index (χ2n) is 4.75. The highest BCUT2D eigenvalue weighted by Crippen LogP contribution is 2.16. The van der Waals surface area contributed by atoms with Gasteiger partial charge in [-0.1, -0.05) is 24.3 Å². The average Bonchev–Trinajstić information content (AvgIpc) is 2.90. The lowest BCUT2D eigenvalue weighted by molar-refractivity contribution is -0.116. The number of amides is 1. The van der Waals surface area contributed by atoms with Crippen LogP contribution < -0.4 is 5.32 Å². The van der Waals surface area contributed by atoms with Gasteiger partial charge < -0.3 is 10.1 Å². The fourth-order valence-corrected chi connectivity index (χ4v) is 2.65. The van der Waals surface area contributed by atoms with Crippen LogP contribution in [0.4, 0.5) is 0 Å². The number of aryl methyl sites for hydroxylation is 1. The van der Waals surface area contributed by atoms with Crippen molar-refractivity contribution < 1.29 is 9.53 Å². The van der Waals surface area contributed by atoms with Crippen molar-refractivity contribution >= 4 is 23.3 Å². The number of carbonyl (C=O) groups is 1. The van der Waals surface area contributed by atoms with Crippen LogP contribution in [0.3, 0.4) is 0 Å². The van der Waals surface area contributed by atoms with Gasteiger partial charge in [0.25, 0.3) is 0 Å². The molecule has 0 aliphatic rings. The van der Waals surface area contributed by atoms with Crippen LogP contribution in [0.1, 0.15) is 20.9 Å². The van der Waals surface area contributed by atoms with Crippen molar-refractivity contribution in [3.63, 3.8) is 0 Å². The zero-order chi connectivity index (χ0) is 15.1. The topological polar surface area (TPSA) is 38.3 Å². The van der Waals surface area contributed by atoms with Crippen LogP contribution in [-0.4, -0.2) is 13.0 Å². The predicted octanol–water partition coefficient (Wildman–Crippen LogP) is 3.53. The van der Waals surface area contributed by atoms with Crippen LogP contribution >= 0.6 is 11.3 Å². The normalized spacial score (nSPS) is 11.0. The molecule has 0 spiro atoms. The summed E-state index contributed by atoms with van der Waals surface area (Å²) in [6.07, 6.45) is 3.42. The third kappa shape index (κ3) is 5.17. The van der Waals surface area contributed by atoms with Crippen molar-refractivity contribution in [2.24, 2.45) is 0 Å². The summed E-state index contributed by atoms with van der Waals surface area (Å²) in [5, 5.41) is 2.88. The largest absolute Gasteiger partial charge is 0.380 e. The number of rotatable bonds is 6. The quantitative estimate of drug-likeness (QED) is 0.829. The fraction of sp³-hybridized carbons (Fsp3) is 0.235. The van der Waals surface area contributed by atoms with E-state index in [9.17, 15) is 4.79 Å². The minimum atomic E-state index is -0.0815. The van der Waals surface area contributed by atoms with Gasteiger partial charge in [0.15, 0.2) is 0 Å². The molecule has 1 aromatic carbocycles. The summed E-state index contributed by atoms with van der Waals surface area (Å²) in [5.41, 5.74) is 2.20. The molecule has 2 rings (SSSR count). The molecule has 0 aliphatic carbocycles. The van der Waals surface area contributed by atoms with Crippen LogP contribution in [0, 0.1) is 6.92 Å². The number of ether oxygens (including phenoxy) is 1. The Morgan fingerprint density at radius 2 is 1.90 bits per heavy atom. The number of benzene rings is 1. The Morgan fingerprint density at radius 1 is 1.19 bits per heavy atom. The van der Waals surface area contributed by atoms with Crippen molar-refractivity contribution in [3.8, 4) is 0 Å². The second-order valence-corrected chi connectivity index (χ2v) is 6.07. The van der Waals surface area contributed by atoms with E-state index < -0.39 is 0 Å². The van der Waals surface area contributed by atoms with E-state index in [2.05, 4.69) is 12.2 Å². The zero-order valence-corrected chi connectivity index (χ0v) is 13.1. The maximum Gasteiger partial charge on any atom is 0.244 e. The fourth-order valence-electron chi connectivity index (χ4n) is 1.87. The van der Waals surface area contributed by atoms with E-state index in [4.69, 9.17) is 4.74 Å². The third-order valence-corrected chi connectivity index (χ3v) is 3.93. The number of carbonyl (C=O) groups excluding carboxylic acids is 1. The highest BCUT2D eigenvalue weighted by molar-refractivity contribution is 7.12. The standard InChI is InChI=1S/C17H19NO2S/c1-13-3-8-16(21-13)9-10-17(19)18-11-14-4-6-15(7-5-14)12-20-2/h3-10H,11-12H2,1-2H3,(H,18,19)/b10-9+. The minimum Gasteiger partial charge on any atom is -0.380 e. The van der Waals surface area contributed by atoms with Crippen LogP contribution in [0.2, 0.25) is 0 Å². The molecule has 4 heteroatoms. The Hall–Kier alpha value is -1.91. The van der Waals surface area contributed by atoms with Crippen LogP contribution in [0.15, 0.2) is 42.5 Å². The van der Waals surface area contributed by atoms with E-state index >= 15 is 0 Å². The first-order valence-corrected chi connectivity index (χ1v) is 7.58. The molecule has 1 aromatic heterocycles. The van der Waals surface area contributed by atoms with Gasteiger partial charge in [-0.25, -0.2) is 0 Å². The molecule has 1 amide bonds. The number of thiophene rings is 1. The average molecular weight is 301 g/mol. The molecule has 110 valence electrons. The maximum absolute atomic E-state index is 11.8. The molecule has 21 heavy (non-hydrogen) atoms. The Labute approximate surface area is 129 Å². The molecule has 0 saturated carbocycles. The lowest BCUT2D eigenvalue weighted by Crippen LogP contribution is -2.20. The van der Waals surface area contributed by atoms with Gasteiger partial charge in [0.05, 0.1) is 6.61 Å². The lowest BCUT2D eigenvalue weighted by atomic mass is 10.1. The molecule has 0 bridgehead atoms. The van der Waals surface area contributed by atoms with Gasteiger partial charge in [-0.3, -0.25) is 4.79 Å². The van der Waals surface area contributed by atoms with E-state index in [0.29, 0.717) is 13.2 Å². The Balaban J connectivity index is 1.82. The molecule has 0 atom stereocenters. The molecule has 3 nitrogen and oxygen atoms in total. The highest BCUT2D eigenvalue weighted by atomic mass is 32.1. The van der Waals surface area contributed by atoms with Crippen molar-refractivity contribution in [2.45, 2.75) is 20.1 Å². The van der Waals surface area contributed by atoms with Gasteiger partial charge in [-0.2, -0.15) is 0 Å². The first-order chi connectivity index (χ1) is 10.2. The summed E-state index contributed by atoms with van der Waals surface area (Å²) in [6.45, 7) is 3.19. The van der Waals surface area contributed by atoms with E-state index in [1.165, 1.54) is 4.88 Å². The van der Waals surface area contributed by atoms with Gasteiger partial charge in [0.1, 0.15) is 0 Å². The molecular formula is C17H19NO2S. The van der Waals surface area contributed by atoms with Crippen molar-refractivity contribution in [2.75, 3.05) is 7.11 Å². The van der Waals surface area contributed by atoms with E-state index in [0.717, 1.165) is 16.0 Å². The number of nitrogens with one attached hydrogen (secondary N) is 1. The van der Waals surface area contributed by atoms with Gasteiger partial charge in [0, 0.05) is 29.5 Å². The molecular weight excluding hydrogens is 282 g/mol. The predicted molar refractivity (Wildman–Crippen MR) is 87.1 cm³/mol. The molecule has 0 fully saturated rings. The lowest BCUT2D eigenvalue weighted by Gasteiger charge is -2.04. The second kappa shape index (κ2) is 7.76. The highest BCUT2D eigenvalue weighted by Gasteiger charge is 1.98. The SMILES string of the molecule is COCc1ccc(CNC(=O)/C=C/c2ccc(C)s2)cc1. The number of hydrogen-bond donors (Lipinski definition) is 1. The van der Waals surface area contributed by atoms with Crippen molar-refractivity contribution in [1.29, 1.82) is 0 Å². The smallest absolute Gasteiger partial charge is 0.244 e. The molecule has 0 radical (unpaired) electrons. The monoisotopic (exact) mass is 301 g/mol. The third-order valence-electron chi connectivity index (χ3n) is 2.96. The van der Waals surface area contributed by atoms with Gasteiger partial charge >= 0.3 is 0 Å². The van der Waals surface area contributed by atoms with Crippen LogP contribution in [0.25, 0.3) is 6.08 Å². The first-order valence-electron chi connectivity index (χ1n) is 6.76.